The van der Waals surface area contributed by atoms with Gasteiger partial charge in [-0.25, -0.2) is 13.1 Å². The predicted octanol–water partition coefficient (Wildman–Crippen LogP) is 2.40. The molecule has 0 aliphatic heterocycles. The second kappa shape index (κ2) is 14.5. The van der Waals surface area contributed by atoms with Gasteiger partial charge in [0.2, 0.25) is 10.0 Å². The molecule has 0 spiro atoms. The maximum atomic E-state index is 12.3. The lowest BCUT2D eigenvalue weighted by Crippen LogP contribution is -2.42. The average molecular weight is 569 g/mol. The summed E-state index contributed by atoms with van der Waals surface area (Å²) in [6, 6.07) is 4.94. The number of guanidine groups is 1. The third-order valence-corrected chi connectivity index (χ3v) is 6.25. The highest BCUT2D eigenvalue weighted by Gasteiger charge is 2.17. The number of nitrogens with zero attached hydrogens (tertiary/aromatic N) is 2. The number of aliphatic imine (C=N–C) groups is 1. The van der Waals surface area contributed by atoms with E-state index in [1.165, 1.54) is 37.5 Å². The van der Waals surface area contributed by atoms with Gasteiger partial charge in [-0.3, -0.25) is 15.1 Å². The van der Waals surface area contributed by atoms with Crippen LogP contribution in [0, 0.1) is 10.1 Å². The van der Waals surface area contributed by atoms with Gasteiger partial charge in [-0.2, -0.15) is 0 Å². The largest absolute Gasteiger partial charge is 0.378 e. The van der Waals surface area contributed by atoms with E-state index in [1.807, 2.05) is 0 Å². The number of rotatable bonds is 11. The number of hydrogen-bond donors (Lipinski definition) is 3. The molecule has 176 valence electrons. The lowest BCUT2D eigenvalue weighted by molar-refractivity contribution is -0.385. The van der Waals surface area contributed by atoms with Crippen LogP contribution in [-0.2, 0) is 14.8 Å². The summed E-state index contributed by atoms with van der Waals surface area (Å²) in [6.45, 7) is 1.83. The van der Waals surface area contributed by atoms with Gasteiger partial charge >= 0.3 is 0 Å². The molecule has 1 aromatic rings. The van der Waals surface area contributed by atoms with Crippen LogP contribution >= 0.6 is 24.0 Å². The fraction of sp³-hybridized carbons (Fsp3) is 0.632. The molecular weight excluding hydrogens is 537 g/mol. The molecule has 0 radical (unpaired) electrons. The number of benzene rings is 1. The number of nitro groups is 1. The van der Waals surface area contributed by atoms with E-state index in [2.05, 4.69) is 20.3 Å². The van der Waals surface area contributed by atoms with E-state index < -0.39 is 14.9 Å². The van der Waals surface area contributed by atoms with E-state index in [9.17, 15) is 18.5 Å². The number of ether oxygens (including phenoxy) is 1. The standard InChI is InChI=1S/C19H31N5O5S.HI/c1-20-19(21-11-6-14-29-17-8-3-2-4-9-17)22-12-13-23-30(27,28)18-10-5-7-16(15-18)24(25)26;/h5,7,10,15,17,23H,2-4,6,8-9,11-14H2,1H3,(H2,20,21,22);1H. The molecular formula is C19H32IN5O5S. The lowest BCUT2D eigenvalue weighted by atomic mass is 9.98. The third-order valence-electron chi connectivity index (χ3n) is 4.79. The summed E-state index contributed by atoms with van der Waals surface area (Å²) in [4.78, 5) is 14.1. The van der Waals surface area contributed by atoms with E-state index in [-0.39, 0.29) is 41.1 Å². The summed E-state index contributed by atoms with van der Waals surface area (Å²) < 4.78 is 32.8. The van der Waals surface area contributed by atoms with Crippen molar-refractivity contribution in [3.8, 4) is 0 Å². The smallest absolute Gasteiger partial charge is 0.270 e. The quantitative estimate of drug-likeness (QED) is 0.0931. The zero-order valence-corrected chi connectivity index (χ0v) is 20.9. The molecule has 0 saturated heterocycles. The van der Waals surface area contributed by atoms with Gasteiger partial charge in [-0.1, -0.05) is 25.3 Å². The highest BCUT2D eigenvalue weighted by Crippen LogP contribution is 2.20. The fourth-order valence-corrected chi connectivity index (χ4v) is 4.27. The van der Waals surface area contributed by atoms with E-state index in [0.717, 1.165) is 25.3 Å². The molecule has 1 saturated carbocycles. The molecule has 1 fully saturated rings. The number of halogens is 1. The normalized spacial score (nSPS) is 15.2. The first kappa shape index (κ1) is 27.5. The van der Waals surface area contributed by atoms with Crippen molar-refractivity contribution in [2.75, 3.05) is 33.3 Å². The van der Waals surface area contributed by atoms with Crippen LogP contribution in [0.25, 0.3) is 0 Å². The van der Waals surface area contributed by atoms with Crippen LogP contribution in [0.15, 0.2) is 34.2 Å². The minimum atomic E-state index is -3.83. The Hall–Kier alpha value is -1.51. The molecule has 12 heteroatoms. The van der Waals surface area contributed by atoms with E-state index in [1.54, 1.807) is 7.05 Å². The highest BCUT2D eigenvalue weighted by molar-refractivity contribution is 14.0. The summed E-state index contributed by atoms with van der Waals surface area (Å²) in [6.07, 6.45) is 7.39. The van der Waals surface area contributed by atoms with E-state index in [4.69, 9.17) is 4.74 Å². The van der Waals surface area contributed by atoms with Gasteiger partial charge in [0.05, 0.1) is 15.9 Å². The van der Waals surface area contributed by atoms with E-state index >= 15 is 0 Å². The fourth-order valence-electron chi connectivity index (χ4n) is 3.20. The van der Waals surface area contributed by atoms with Crippen molar-refractivity contribution in [2.24, 2.45) is 4.99 Å². The van der Waals surface area contributed by atoms with Crippen molar-refractivity contribution in [1.82, 2.24) is 15.4 Å². The van der Waals surface area contributed by atoms with Gasteiger partial charge in [-0.05, 0) is 25.3 Å². The number of nitrogens with one attached hydrogen (secondary N) is 3. The Labute approximate surface area is 200 Å². The minimum absolute atomic E-state index is 0. The topological polar surface area (TPSA) is 135 Å². The Bertz CT molecular complexity index is 816. The second-order valence-corrected chi connectivity index (χ2v) is 8.83. The Morgan fingerprint density at radius 1 is 1.19 bits per heavy atom. The monoisotopic (exact) mass is 569 g/mol. The van der Waals surface area contributed by atoms with Crippen molar-refractivity contribution in [1.29, 1.82) is 0 Å². The average Bonchev–Trinajstić information content (AvgIpc) is 2.75. The van der Waals surface area contributed by atoms with Crippen LogP contribution in [-0.4, -0.2) is 58.7 Å². The van der Waals surface area contributed by atoms with Crippen molar-refractivity contribution in [2.45, 2.75) is 49.5 Å². The van der Waals surface area contributed by atoms with E-state index in [0.29, 0.717) is 31.8 Å². The summed E-state index contributed by atoms with van der Waals surface area (Å²) in [5, 5.41) is 17.0. The number of sulfonamides is 1. The van der Waals surface area contributed by atoms with Crippen LogP contribution in [0.4, 0.5) is 5.69 Å². The summed E-state index contributed by atoms with van der Waals surface area (Å²) >= 11 is 0. The van der Waals surface area contributed by atoms with Crippen LogP contribution in [0.1, 0.15) is 38.5 Å². The molecule has 1 aliphatic carbocycles. The molecule has 31 heavy (non-hydrogen) atoms. The Morgan fingerprint density at radius 2 is 1.90 bits per heavy atom. The molecule has 0 amide bonds. The molecule has 0 heterocycles. The first-order valence-electron chi connectivity index (χ1n) is 10.2. The predicted molar refractivity (Wildman–Crippen MR) is 131 cm³/mol. The molecule has 2 rings (SSSR count). The lowest BCUT2D eigenvalue weighted by Gasteiger charge is -2.22. The van der Waals surface area contributed by atoms with Crippen molar-refractivity contribution in [3.63, 3.8) is 0 Å². The maximum absolute atomic E-state index is 12.3. The first-order chi connectivity index (χ1) is 14.4. The zero-order valence-electron chi connectivity index (χ0n) is 17.7. The van der Waals surface area contributed by atoms with Crippen LogP contribution in [0.3, 0.4) is 0 Å². The SMILES string of the molecule is CN=C(NCCCOC1CCCCC1)NCCNS(=O)(=O)c1cccc([N+](=O)[O-])c1.I. The maximum Gasteiger partial charge on any atom is 0.270 e. The van der Waals surface area contributed by atoms with Gasteiger partial charge in [0.25, 0.3) is 5.69 Å². The Balaban J connectivity index is 0.00000480. The summed E-state index contributed by atoms with van der Waals surface area (Å²) in [5.41, 5.74) is -0.270. The second-order valence-electron chi connectivity index (χ2n) is 7.06. The Kier molecular flexibility index (Phi) is 12.9. The Morgan fingerprint density at radius 3 is 2.58 bits per heavy atom. The number of non-ortho nitro benzene ring substituents is 1. The molecule has 0 bridgehead atoms. The van der Waals surface area contributed by atoms with Crippen molar-refractivity contribution < 1.29 is 18.1 Å². The molecule has 1 aliphatic rings. The molecule has 0 unspecified atom stereocenters. The van der Waals surface area contributed by atoms with Crippen molar-refractivity contribution >= 4 is 45.6 Å². The summed E-state index contributed by atoms with van der Waals surface area (Å²) in [5.74, 6) is 0.571. The molecule has 3 N–H and O–H groups in total. The first-order valence-corrected chi connectivity index (χ1v) is 11.7. The number of nitro benzene ring substituents is 1. The van der Waals surface area contributed by atoms with Gasteiger partial charge < -0.3 is 15.4 Å². The van der Waals surface area contributed by atoms with Gasteiger partial charge in [0.15, 0.2) is 5.96 Å². The van der Waals surface area contributed by atoms with Crippen LogP contribution in [0.5, 0.6) is 0 Å². The molecule has 0 atom stereocenters. The van der Waals surface area contributed by atoms with Gasteiger partial charge in [-0.15, -0.1) is 24.0 Å². The minimum Gasteiger partial charge on any atom is -0.378 e. The van der Waals surface area contributed by atoms with Crippen LogP contribution in [0.2, 0.25) is 0 Å². The molecule has 10 nitrogen and oxygen atoms in total. The van der Waals surface area contributed by atoms with Gasteiger partial charge in [0.1, 0.15) is 0 Å². The number of hydrogen-bond acceptors (Lipinski definition) is 6. The molecule has 1 aromatic carbocycles. The third kappa shape index (κ3) is 10.1. The zero-order chi connectivity index (χ0) is 21.8. The van der Waals surface area contributed by atoms with Crippen molar-refractivity contribution in [3.05, 3.63) is 34.4 Å². The highest BCUT2D eigenvalue weighted by atomic mass is 127. The summed E-state index contributed by atoms with van der Waals surface area (Å²) in [7, 11) is -2.19. The van der Waals surface area contributed by atoms with Crippen LogP contribution < -0.4 is 15.4 Å². The molecule has 0 aromatic heterocycles. The van der Waals surface area contributed by atoms with Gasteiger partial charge in [0, 0.05) is 45.4 Å².